The zero-order valence-electron chi connectivity index (χ0n) is 19.0. The van der Waals surface area contributed by atoms with Crippen molar-refractivity contribution in [3.63, 3.8) is 0 Å². The van der Waals surface area contributed by atoms with Gasteiger partial charge in [-0.05, 0) is 59.8 Å². The van der Waals surface area contributed by atoms with E-state index in [1.807, 2.05) is 6.92 Å². The van der Waals surface area contributed by atoms with Crippen LogP contribution < -0.4 is 10.6 Å². The minimum atomic E-state index is -0.0941. The summed E-state index contributed by atoms with van der Waals surface area (Å²) in [6.45, 7) is 19.5. The minimum Gasteiger partial charge on any atom is -0.507 e. The van der Waals surface area contributed by atoms with Crippen molar-refractivity contribution in [2.45, 2.75) is 78.9 Å². The van der Waals surface area contributed by atoms with Gasteiger partial charge >= 0.3 is 0 Å². The lowest BCUT2D eigenvalue weighted by Gasteiger charge is -2.33. The van der Waals surface area contributed by atoms with Crippen molar-refractivity contribution in [1.29, 1.82) is 0 Å². The van der Waals surface area contributed by atoms with Crippen LogP contribution >= 0.6 is 8.58 Å². The van der Waals surface area contributed by atoms with Crippen LogP contribution in [0.4, 0.5) is 0 Å². The molecule has 0 saturated heterocycles. The summed E-state index contributed by atoms with van der Waals surface area (Å²) in [7, 11) is 0.607. The Bertz CT molecular complexity index is 822. The summed E-state index contributed by atoms with van der Waals surface area (Å²) in [5.74, 6) is 0.465. The topological polar surface area (TPSA) is 32.3 Å². The monoisotopic (exact) mass is 399 g/mol. The number of rotatable bonds is 7. The second kappa shape index (κ2) is 8.97. The second-order valence-corrected chi connectivity index (χ2v) is 11.0. The zero-order chi connectivity index (χ0) is 21.1. The number of nitrogens with one attached hydrogen (secondary N) is 1. The van der Waals surface area contributed by atoms with Gasteiger partial charge in [0.25, 0.3) is 0 Å². The highest BCUT2D eigenvalue weighted by molar-refractivity contribution is 7.48. The minimum absolute atomic E-state index is 0.0594. The largest absolute Gasteiger partial charge is 0.507 e. The Balaban J connectivity index is 2.57. The Hall–Kier alpha value is -1.37. The van der Waals surface area contributed by atoms with Gasteiger partial charge in [-0.15, -0.1) is 0 Å². The fourth-order valence-electron chi connectivity index (χ4n) is 3.57. The molecule has 0 heterocycles. The summed E-state index contributed by atoms with van der Waals surface area (Å²) in [6.07, 6.45) is 0.987. The molecule has 3 heteroatoms. The van der Waals surface area contributed by atoms with E-state index in [0.29, 0.717) is 14.3 Å². The van der Waals surface area contributed by atoms with E-state index in [-0.39, 0.29) is 10.6 Å². The molecule has 0 spiro atoms. The molecule has 2 rings (SSSR count). The number of hydrogen-bond acceptors (Lipinski definition) is 2. The van der Waals surface area contributed by atoms with Gasteiger partial charge in [0, 0.05) is 17.3 Å². The summed E-state index contributed by atoms with van der Waals surface area (Å²) in [5.41, 5.74) is 6.14. The second-order valence-electron chi connectivity index (χ2n) is 9.14. The smallest absolute Gasteiger partial charge is 0.122 e. The molecule has 0 fully saturated rings. The first-order valence-corrected chi connectivity index (χ1v) is 11.5. The third-order valence-electron chi connectivity index (χ3n) is 5.79. The summed E-state index contributed by atoms with van der Waals surface area (Å²) >= 11 is 0. The van der Waals surface area contributed by atoms with E-state index in [9.17, 15) is 5.11 Å². The maximum atomic E-state index is 11.0. The number of aryl methyl sites for hydroxylation is 2. The summed E-state index contributed by atoms with van der Waals surface area (Å²) in [4.78, 5) is 0. The maximum absolute atomic E-state index is 11.0. The maximum Gasteiger partial charge on any atom is 0.122 e. The zero-order valence-corrected chi connectivity index (χ0v) is 20.0. The van der Waals surface area contributed by atoms with Crippen LogP contribution in [0.25, 0.3) is 0 Å². The van der Waals surface area contributed by atoms with Crippen molar-refractivity contribution in [3.8, 4) is 5.75 Å². The standard InChI is InChI=1S/C25H38NOP/c1-9-25(8,21-15-20(24(5,6)7)14-18(4)22(21)27)28-23-17(3)12-11-13-19(23)16-26-10-2/h11-15,26-28H,9-10,16H2,1-8H3. The van der Waals surface area contributed by atoms with Crippen molar-refractivity contribution in [3.05, 3.63) is 58.1 Å². The van der Waals surface area contributed by atoms with Gasteiger partial charge in [-0.2, -0.15) is 0 Å². The van der Waals surface area contributed by atoms with Crippen molar-refractivity contribution >= 4 is 13.9 Å². The molecule has 0 saturated carbocycles. The van der Waals surface area contributed by atoms with E-state index in [1.165, 1.54) is 22.0 Å². The Morgan fingerprint density at radius 3 is 2.25 bits per heavy atom. The molecule has 2 atom stereocenters. The van der Waals surface area contributed by atoms with Crippen molar-refractivity contribution in [1.82, 2.24) is 5.32 Å². The number of phenolic OH excluding ortho intramolecular Hbond substituents is 1. The Morgan fingerprint density at radius 1 is 1.00 bits per heavy atom. The average molecular weight is 400 g/mol. The average Bonchev–Trinajstić information content (AvgIpc) is 2.63. The molecule has 154 valence electrons. The van der Waals surface area contributed by atoms with Crippen LogP contribution in [0.2, 0.25) is 0 Å². The van der Waals surface area contributed by atoms with Gasteiger partial charge in [0.05, 0.1) is 0 Å². The molecular formula is C25H38NOP. The molecule has 28 heavy (non-hydrogen) atoms. The van der Waals surface area contributed by atoms with Crippen LogP contribution in [-0.2, 0) is 17.1 Å². The van der Waals surface area contributed by atoms with Crippen LogP contribution in [0.1, 0.15) is 75.8 Å². The van der Waals surface area contributed by atoms with Crippen LogP contribution in [0.5, 0.6) is 5.75 Å². The molecule has 0 aromatic heterocycles. The van der Waals surface area contributed by atoms with E-state index in [1.54, 1.807) is 0 Å². The number of benzene rings is 2. The molecule has 0 bridgehead atoms. The lowest BCUT2D eigenvalue weighted by molar-refractivity contribution is 0.450. The molecule has 2 N–H and O–H groups in total. The first-order chi connectivity index (χ1) is 13.0. The van der Waals surface area contributed by atoms with Gasteiger partial charge in [0.15, 0.2) is 0 Å². The molecule has 0 amide bonds. The predicted molar refractivity (Wildman–Crippen MR) is 126 cm³/mol. The quantitative estimate of drug-likeness (QED) is 0.556. The highest BCUT2D eigenvalue weighted by Gasteiger charge is 2.31. The fraction of sp³-hybridized carbons (Fsp3) is 0.520. The van der Waals surface area contributed by atoms with E-state index < -0.39 is 0 Å². The summed E-state index contributed by atoms with van der Waals surface area (Å²) in [6, 6.07) is 11.0. The van der Waals surface area contributed by atoms with Crippen LogP contribution in [0, 0.1) is 13.8 Å². The van der Waals surface area contributed by atoms with Crippen LogP contribution in [0.3, 0.4) is 0 Å². The third-order valence-corrected chi connectivity index (χ3v) is 7.93. The first kappa shape index (κ1) is 22.9. The normalized spacial score (nSPS) is 14.6. The fourth-order valence-corrected chi connectivity index (χ4v) is 5.24. The van der Waals surface area contributed by atoms with Crippen molar-refractivity contribution < 1.29 is 5.11 Å². The highest BCUT2D eigenvalue weighted by Crippen LogP contribution is 2.49. The molecule has 0 aliphatic rings. The van der Waals surface area contributed by atoms with Gasteiger partial charge in [-0.3, -0.25) is 0 Å². The molecule has 0 aliphatic heterocycles. The lowest BCUT2D eigenvalue weighted by Crippen LogP contribution is -2.25. The number of aromatic hydroxyl groups is 1. The molecule has 2 nitrogen and oxygen atoms in total. The van der Waals surface area contributed by atoms with E-state index in [4.69, 9.17) is 0 Å². The highest BCUT2D eigenvalue weighted by atomic mass is 31.1. The van der Waals surface area contributed by atoms with Crippen LogP contribution in [0.15, 0.2) is 30.3 Å². The molecule has 0 radical (unpaired) electrons. The van der Waals surface area contributed by atoms with Crippen LogP contribution in [-0.4, -0.2) is 11.7 Å². The van der Waals surface area contributed by atoms with E-state index in [0.717, 1.165) is 30.6 Å². The van der Waals surface area contributed by atoms with Crippen molar-refractivity contribution in [2.75, 3.05) is 6.54 Å². The Labute approximate surface area is 173 Å². The SMILES string of the molecule is CCNCc1cccc(C)c1PC(C)(CC)c1cc(C(C)(C)C)cc(C)c1O. The van der Waals surface area contributed by atoms with Gasteiger partial charge in [0.2, 0.25) is 0 Å². The van der Waals surface area contributed by atoms with Gasteiger partial charge in [-0.25, -0.2) is 0 Å². The summed E-state index contributed by atoms with van der Waals surface area (Å²) < 4.78 is 0. The molecular weight excluding hydrogens is 361 g/mol. The van der Waals surface area contributed by atoms with Gasteiger partial charge in [0.1, 0.15) is 5.75 Å². The van der Waals surface area contributed by atoms with Crippen molar-refractivity contribution in [2.24, 2.45) is 0 Å². The molecule has 0 aliphatic carbocycles. The first-order valence-electron chi connectivity index (χ1n) is 10.5. The third kappa shape index (κ3) is 4.97. The molecule has 2 aromatic carbocycles. The lowest BCUT2D eigenvalue weighted by atomic mass is 9.82. The van der Waals surface area contributed by atoms with E-state index >= 15 is 0 Å². The summed E-state index contributed by atoms with van der Waals surface area (Å²) in [5, 5.41) is 15.8. The Morgan fingerprint density at radius 2 is 1.68 bits per heavy atom. The Kier molecular flexibility index (Phi) is 7.34. The molecule has 2 unspecified atom stereocenters. The van der Waals surface area contributed by atoms with E-state index in [2.05, 4.69) is 84.1 Å². The van der Waals surface area contributed by atoms with Gasteiger partial charge < -0.3 is 10.4 Å². The van der Waals surface area contributed by atoms with Gasteiger partial charge in [-0.1, -0.05) is 80.5 Å². The predicted octanol–water partition coefficient (Wildman–Crippen LogP) is 6.05. The number of hydrogen-bond donors (Lipinski definition) is 2. The molecule has 2 aromatic rings. The number of phenols is 1.